The standard InChI is InChI=1S/C13H18ClN3O/c1-8-7-17(5-4-10(8)18)12-6-11(14)15-13(16-12)9-2-3-9/h6,8-10,18H,2-5,7H2,1H3. The summed E-state index contributed by atoms with van der Waals surface area (Å²) in [5.74, 6) is 2.58. The van der Waals surface area contributed by atoms with Crippen molar-refractivity contribution in [2.24, 2.45) is 5.92 Å². The first-order valence-electron chi connectivity index (χ1n) is 6.61. The minimum atomic E-state index is -0.193. The lowest BCUT2D eigenvalue weighted by Crippen LogP contribution is -2.42. The Labute approximate surface area is 112 Å². The predicted octanol–water partition coefficient (Wildman–Crippen LogP) is 2.21. The molecule has 0 radical (unpaired) electrons. The van der Waals surface area contributed by atoms with E-state index in [1.54, 1.807) is 0 Å². The molecule has 18 heavy (non-hydrogen) atoms. The number of hydrogen-bond acceptors (Lipinski definition) is 4. The second kappa shape index (κ2) is 4.67. The summed E-state index contributed by atoms with van der Waals surface area (Å²) in [4.78, 5) is 11.1. The third-order valence-electron chi connectivity index (χ3n) is 3.83. The van der Waals surface area contributed by atoms with Crippen molar-refractivity contribution in [1.29, 1.82) is 0 Å². The first-order valence-corrected chi connectivity index (χ1v) is 6.99. The van der Waals surface area contributed by atoms with Crippen LogP contribution in [0.5, 0.6) is 0 Å². The highest BCUT2D eigenvalue weighted by Crippen LogP contribution is 2.39. The van der Waals surface area contributed by atoms with Crippen molar-refractivity contribution in [3.05, 3.63) is 17.0 Å². The fourth-order valence-corrected chi connectivity index (χ4v) is 2.63. The van der Waals surface area contributed by atoms with E-state index in [1.165, 1.54) is 12.8 Å². The summed E-state index contributed by atoms with van der Waals surface area (Å²) in [6.07, 6.45) is 2.95. The van der Waals surface area contributed by atoms with Crippen LogP contribution >= 0.6 is 11.6 Å². The Balaban J connectivity index is 1.82. The van der Waals surface area contributed by atoms with Crippen LogP contribution in [0.1, 0.15) is 37.9 Å². The average molecular weight is 268 g/mol. The summed E-state index contributed by atoms with van der Waals surface area (Å²) >= 11 is 6.08. The Kier molecular flexibility index (Phi) is 3.16. The van der Waals surface area contributed by atoms with Crippen LogP contribution in [-0.2, 0) is 0 Å². The zero-order chi connectivity index (χ0) is 12.7. The first kappa shape index (κ1) is 12.2. The first-order chi connectivity index (χ1) is 8.63. The van der Waals surface area contributed by atoms with Gasteiger partial charge >= 0.3 is 0 Å². The lowest BCUT2D eigenvalue weighted by molar-refractivity contribution is 0.0969. The van der Waals surface area contributed by atoms with E-state index >= 15 is 0 Å². The molecule has 1 saturated heterocycles. The molecule has 1 aromatic rings. The van der Waals surface area contributed by atoms with Crippen LogP contribution in [0.25, 0.3) is 0 Å². The van der Waals surface area contributed by atoms with Crippen molar-refractivity contribution in [2.45, 2.75) is 38.2 Å². The molecule has 2 unspecified atom stereocenters. The van der Waals surface area contributed by atoms with Gasteiger partial charge < -0.3 is 10.0 Å². The van der Waals surface area contributed by atoms with Gasteiger partial charge in [0.1, 0.15) is 16.8 Å². The van der Waals surface area contributed by atoms with Gasteiger partial charge in [0, 0.05) is 25.1 Å². The molecule has 5 heteroatoms. The third-order valence-corrected chi connectivity index (χ3v) is 4.02. The summed E-state index contributed by atoms with van der Waals surface area (Å²) in [6, 6.07) is 1.83. The van der Waals surface area contributed by atoms with Crippen molar-refractivity contribution >= 4 is 17.4 Å². The van der Waals surface area contributed by atoms with Gasteiger partial charge in [-0.15, -0.1) is 0 Å². The van der Waals surface area contributed by atoms with Gasteiger partial charge in [-0.25, -0.2) is 9.97 Å². The minimum absolute atomic E-state index is 0.193. The normalized spacial score (nSPS) is 28.5. The second-order valence-electron chi connectivity index (χ2n) is 5.46. The number of halogens is 1. The van der Waals surface area contributed by atoms with Gasteiger partial charge in [-0.1, -0.05) is 18.5 Å². The van der Waals surface area contributed by atoms with Gasteiger partial charge in [0.2, 0.25) is 0 Å². The van der Waals surface area contributed by atoms with Gasteiger partial charge in [-0.3, -0.25) is 0 Å². The van der Waals surface area contributed by atoms with E-state index in [4.69, 9.17) is 11.6 Å². The van der Waals surface area contributed by atoms with Crippen LogP contribution in [-0.4, -0.2) is 34.3 Å². The monoisotopic (exact) mass is 267 g/mol. The van der Waals surface area contributed by atoms with Crippen molar-refractivity contribution in [2.75, 3.05) is 18.0 Å². The molecule has 1 aromatic heterocycles. The van der Waals surface area contributed by atoms with Crippen LogP contribution in [0.15, 0.2) is 6.07 Å². The molecular weight excluding hydrogens is 250 g/mol. The fourth-order valence-electron chi connectivity index (χ4n) is 2.45. The van der Waals surface area contributed by atoms with Gasteiger partial charge in [-0.05, 0) is 25.2 Å². The number of piperidine rings is 1. The van der Waals surface area contributed by atoms with Gasteiger partial charge in [0.25, 0.3) is 0 Å². The quantitative estimate of drug-likeness (QED) is 0.835. The number of anilines is 1. The van der Waals surface area contributed by atoms with E-state index in [1.807, 2.05) is 6.07 Å². The maximum absolute atomic E-state index is 9.76. The molecule has 2 fully saturated rings. The van der Waals surface area contributed by atoms with Crippen LogP contribution in [0, 0.1) is 5.92 Å². The van der Waals surface area contributed by atoms with Gasteiger partial charge in [-0.2, -0.15) is 0 Å². The summed E-state index contributed by atoms with van der Waals surface area (Å²) in [7, 11) is 0. The van der Waals surface area contributed by atoms with E-state index in [0.29, 0.717) is 11.1 Å². The highest BCUT2D eigenvalue weighted by molar-refractivity contribution is 6.29. The molecular formula is C13H18ClN3O. The number of aromatic nitrogens is 2. The van der Waals surface area contributed by atoms with Crippen molar-refractivity contribution in [1.82, 2.24) is 9.97 Å². The molecule has 98 valence electrons. The van der Waals surface area contributed by atoms with Crippen LogP contribution in [0.3, 0.4) is 0 Å². The van der Waals surface area contributed by atoms with Gasteiger partial charge in [0.15, 0.2) is 0 Å². The van der Waals surface area contributed by atoms with Crippen LogP contribution in [0.4, 0.5) is 5.82 Å². The van der Waals surface area contributed by atoms with Gasteiger partial charge in [0.05, 0.1) is 6.10 Å². The molecule has 3 rings (SSSR count). The molecule has 2 heterocycles. The molecule has 0 aromatic carbocycles. The molecule has 0 spiro atoms. The second-order valence-corrected chi connectivity index (χ2v) is 5.85. The smallest absolute Gasteiger partial charge is 0.135 e. The van der Waals surface area contributed by atoms with E-state index in [2.05, 4.69) is 21.8 Å². The number of aliphatic hydroxyl groups is 1. The summed E-state index contributed by atoms with van der Waals surface area (Å²) in [5.41, 5.74) is 0. The zero-order valence-corrected chi connectivity index (χ0v) is 11.3. The lowest BCUT2D eigenvalue weighted by Gasteiger charge is -2.35. The summed E-state index contributed by atoms with van der Waals surface area (Å²) in [6.45, 7) is 3.74. The summed E-state index contributed by atoms with van der Waals surface area (Å²) < 4.78 is 0. The molecule has 1 aliphatic carbocycles. The largest absolute Gasteiger partial charge is 0.393 e. The Morgan fingerprint density at radius 2 is 2.11 bits per heavy atom. The number of hydrogen-bond donors (Lipinski definition) is 1. The molecule has 4 nitrogen and oxygen atoms in total. The number of aliphatic hydroxyl groups excluding tert-OH is 1. The van der Waals surface area contributed by atoms with Crippen molar-refractivity contribution in [3.8, 4) is 0 Å². The van der Waals surface area contributed by atoms with E-state index in [0.717, 1.165) is 31.2 Å². The maximum atomic E-state index is 9.76. The number of rotatable bonds is 2. The van der Waals surface area contributed by atoms with Crippen LogP contribution < -0.4 is 4.90 Å². The molecule has 1 N–H and O–H groups in total. The Morgan fingerprint density at radius 1 is 1.33 bits per heavy atom. The number of nitrogens with zero attached hydrogens (tertiary/aromatic N) is 3. The molecule has 2 atom stereocenters. The molecule has 1 aliphatic heterocycles. The molecule has 1 saturated carbocycles. The Hall–Kier alpha value is -0.870. The average Bonchev–Trinajstić information content (AvgIpc) is 3.16. The topological polar surface area (TPSA) is 49.2 Å². The van der Waals surface area contributed by atoms with E-state index < -0.39 is 0 Å². The Morgan fingerprint density at radius 3 is 2.78 bits per heavy atom. The lowest BCUT2D eigenvalue weighted by atomic mass is 9.97. The van der Waals surface area contributed by atoms with Crippen LogP contribution in [0.2, 0.25) is 5.15 Å². The highest BCUT2D eigenvalue weighted by Gasteiger charge is 2.29. The van der Waals surface area contributed by atoms with Crippen molar-refractivity contribution < 1.29 is 5.11 Å². The Bertz CT molecular complexity index is 450. The van der Waals surface area contributed by atoms with Crippen molar-refractivity contribution in [3.63, 3.8) is 0 Å². The SMILES string of the molecule is CC1CN(c2cc(Cl)nc(C3CC3)n2)CCC1O. The maximum Gasteiger partial charge on any atom is 0.135 e. The fraction of sp³-hybridized carbons (Fsp3) is 0.692. The minimum Gasteiger partial charge on any atom is -0.393 e. The predicted molar refractivity (Wildman–Crippen MR) is 71.0 cm³/mol. The molecule has 0 bridgehead atoms. The third kappa shape index (κ3) is 2.45. The molecule has 0 amide bonds. The van der Waals surface area contributed by atoms with E-state index in [9.17, 15) is 5.11 Å². The van der Waals surface area contributed by atoms with E-state index in [-0.39, 0.29) is 12.0 Å². The zero-order valence-electron chi connectivity index (χ0n) is 10.5. The summed E-state index contributed by atoms with van der Waals surface area (Å²) in [5, 5.41) is 10.3. The molecule has 2 aliphatic rings. The highest BCUT2D eigenvalue weighted by atomic mass is 35.5.